The number of para-hydroxylation sites is 3. The minimum Gasteiger partial charge on any atom is -0.309 e. The molecule has 11 rings (SSSR count). The first-order chi connectivity index (χ1) is 25.0. The summed E-state index contributed by atoms with van der Waals surface area (Å²) in [5, 5.41) is 16.0. The lowest BCUT2D eigenvalue weighted by Gasteiger charge is -2.13. The zero-order valence-electron chi connectivity index (χ0n) is 27.0. The van der Waals surface area contributed by atoms with Gasteiger partial charge in [-0.15, -0.1) is 0 Å². The predicted octanol–water partition coefficient (Wildman–Crippen LogP) is 9.93. The Balaban J connectivity index is 1.24. The number of fused-ring (bicyclic) bond motifs is 8. The second kappa shape index (κ2) is 10.0. The molecule has 0 bridgehead atoms. The third-order valence-electron chi connectivity index (χ3n) is 10.6. The number of benzene rings is 6. The van der Waals surface area contributed by atoms with Crippen LogP contribution in [-0.2, 0) is 9.84 Å². The molecule has 8 heteroatoms. The van der Waals surface area contributed by atoms with Gasteiger partial charge >= 0.3 is 0 Å². The Bertz CT molecular complexity index is 3380. The fourth-order valence-corrected chi connectivity index (χ4v) is 9.69. The maximum atomic E-state index is 13.6. The number of nitriles is 1. The normalized spacial score (nSPS) is 14.1. The Labute approximate surface area is 290 Å². The molecular weight excluding hydrogens is 651 g/mol. The van der Waals surface area contributed by atoms with Gasteiger partial charge in [-0.25, -0.2) is 18.4 Å². The number of hydrogen-bond donors (Lipinski definition) is 0. The molecule has 0 saturated carbocycles. The average molecular weight is 676 g/mol. The summed E-state index contributed by atoms with van der Waals surface area (Å²) in [6, 6.07) is 41.1. The Kier molecular flexibility index (Phi) is 5.55. The summed E-state index contributed by atoms with van der Waals surface area (Å²) in [4.78, 5) is 10.7. The molecule has 1 aliphatic rings. The van der Waals surface area contributed by atoms with E-state index in [4.69, 9.17) is 9.97 Å². The highest BCUT2D eigenvalue weighted by molar-refractivity contribution is 7.95. The molecule has 0 spiro atoms. The van der Waals surface area contributed by atoms with Crippen molar-refractivity contribution in [3.8, 4) is 11.8 Å². The molecule has 6 aromatic carbocycles. The topological polar surface area (TPSA) is 93.0 Å². The SMILES string of the molecule is N#CC1=CC=C(S(=O)(=O)c2ccc(-n3c4cccc5c6cc7nc8ccccc8nc7cc6n6c7ccccc7c7ccc3c(c54)c76)cc2)CC1. The molecule has 0 saturated heterocycles. The van der Waals surface area contributed by atoms with Gasteiger partial charge in [-0.05, 0) is 97.1 Å². The van der Waals surface area contributed by atoms with Crippen LogP contribution in [-0.4, -0.2) is 27.4 Å². The van der Waals surface area contributed by atoms with Gasteiger partial charge < -0.3 is 8.97 Å². The second-order valence-electron chi connectivity index (χ2n) is 13.2. The molecule has 0 amide bonds. The smallest absolute Gasteiger partial charge is 0.202 e. The van der Waals surface area contributed by atoms with Gasteiger partial charge in [0.25, 0.3) is 0 Å². The van der Waals surface area contributed by atoms with E-state index in [-0.39, 0.29) is 4.90 Å². The molecule has 0 N–H and O–H groups in total. The first-order valence-corrected chi connectivity index (χ1v) is 18.3. The largest absolute Gasteiger partial charge is 0.309 e. The third kappa shape index (κ3) is 3.78. The molecule has 1 aliphatic carbocycles. The molecule has 10 aromatic rings. The Morgan fingerprint density at radius 3 is 2.06 bits per heavy atom. The molecule has 4 aromatic heterocycles. The molecule has 51 heavy (non-hydrogen) atoms. The van der Waals surface area contributed by atoms with Gasteiger partial charge in [-0.2, -0.15) is 5.26 Å². The van der Waals surface area contributed by atoms with Crippen LogP contribution in [0.1, 0.15) is 12.8 Å². The van der Waals surface area contributed by atoms with Crippen LogP contribution in [0.4, 0.5) is 0 Å². The van der Waals surface area contributed by atoms with Gasteiger partial charge in [-0.3, -0.25) is 0 Å². The molecule has 0 atom stereocenters. The standard InChI is InChI=1S/C43H25N5O2S/c44-24-25-12-16-27(17-13-25)51(49,50)28-18-14-26(15-19-28)47-38-11-5-7-30-32-22-35-36(46-34-9-3-2-8-33(34)45-35)23-40(32)48-37-10-4-1-6-29(37)31-20-21-39(47)42(41(30)38)43(31)48/h1-12,14-16,18-23H,13,17H2. The quantitative estimate of drug-likeness (QED) is 0.174. The van der Waals surface area contributed by atoms with Gasteiger partial charge in [0.2, 0.25) is 9.84 Å². The van der Waals surface area contributed by atoms with Crippen LogP contribution < -0.4 is 0 Å². The highest BCUT2D eigenvalue weighted by Crippen LogP contribution is 2.45. The van der Waals surface area contributed by atoms with Crippen LogP contribution in [0, 0.1) is 11.3 Å². The molecule has 0 radical (unpaired) electrons. The number of hydrogen-bond acceptors (Lipinski definition) is 5. The number of allylic oxidation sites excluding steroid dienone is 4. The van der Waals surface area contributed by atoms with Crippen LogP contribution in [0.5, 0.6) is 0 Å². The van der Waals surface area contributed by atoms with Crippen molar-refractivity contribution in [1.82, 2.24) is 18.9 Å². The van der Waals surface area contributed by atoms with E-state index in [0.29, 0.717) is 23.3 Å². The van der Waals surface area contributed by atoms with Crippen LogP contribution in [0.3, 0.4) is 0 Å². The lowest BCUT2D eigenvalue weighted by molar-refractivity contribution is 0.599. The molecule has 0 aliphatic heterocycles. The minimum absolute atomic E-state index is 0.242. The van der Waals surface area contributed by atoms with Crippen molar-refractivity contribution in [1.29, 1.82) is 5.26 Å². The summed E-state index contributed by atoms with van der Waals surface area (Å²) in [5.74, 6) is 0. The van der Waals surface area contributed by atoms with E-state index in [0.717, 1.165) is 76.9 Å². The van der Waals surface area contributed by atoms with Crippen LogP contribution >= 0.6 is 0 Å². The van der Waals surface area contributed by atoms with E-state index in [1.165, 1.54) is 10.8 Å². The van der Waals surface area contributed by atoms with Crippen molar-refractivity contribution in [2.24, 2.45) is 0 Å². The molecule has 0 unspecified atom stereocenters. The van der Waals surface area contributed by atoms with E-state index in [2.05, 4.69) is 81.8 Å². The van der Waals surface area contributed by atoms with E-state index >= 15 is 0 Å². The second-order valence-corrected chi connectivity index (χ2v) is 15.3. The molecule has 7 nitrogen and oxygen atoms in total. The minimum atomic E-state index is -3.69. The summed E-state index contributed by atoms with van der Waals surface area (Å²) in [7, 11) is -3.69. The first-order valence-electron chi connectivity index (χ1n) is 16.9. The Morgan fingerprint density at radius 2 is 1.29 bits per heavy atom. The summed E-state index contributed by atoms with van der Waals surface area (Å²) < 4.78 is 31.9. The molecule has 240 valence electrons. The number of nitrogens with zero attached hydrogens (tertiary/aromatic N) is 5. The van der Waals surface area contributed by atoms with Crippen molar-refractivity contribution in [2.45, 2.75) is 17.7 Å². The zero-order valence-corrected chi connectivity index (χ0v) is 27.8. The van der Waals surface area contributed by atoms with Crippen LogP contribution in [0.25, 0.3) is 87.7 Å². The fourth-order valence-electron chi connectivity index (χ4n) is 8.27. The van der Waals surface area contributed by atoms with Crippen molar-refractivity contribution < 1.29 is 8.42 Å². The summed E-state index contributed by atoms with van der Waals surface area (Å²) in [6.07, 6.45) is 3.93. The lowest BCUT2D eigenvalue weighted by Crippen LogP contribution is -2.07. The van der Waals surface area contributed by atoms with Crippen LogP contribution in [0.2, 0.25) is 0 Å². The zero-order chi connectivity index (χ0) is 34.0. The third-order valence-corrected chi connectivity index (χ3v) is 12.5. The number of sulfone groups is 1. The van der Waals surface area contributed by atoms with Crippen LogP contribution in [0.15, 0.2) is 143 Å². The maximum Gasteiger partial charge on any atom is 0.202 e. The van der Waals surface area contributed by atoms with Crippen molar-refractivity contribution in [3.63, 3.8) is 0 Å². The van der Waals surface area contributed by atoms with E-state index in [1.807, 2.05) is 36.4 Å². The van der Waals surface area contributed by atoms with E-state index in [1.54, 1.807) is 24.3 Å². The average Bonchev–Trinajstić information content (AvgIpc) is 3.65. The fraction of sp³-hybridized carbons (Fsp3) is 0.0465. The van der Waals surface area contributed by atoms with Crippen molar-refractivity contribution in [3.05, 3.63) is 138 Å². The maximum absolute atomic E-state index is 13.6. The number of rotatable bonds is 3. The summed E-state index contributed by atoms with van der Waals surface area (Å²) >= 11 is 0. The van der Waals surface area contributed by atoms with Gasteiger partial charge in [0, 0.05) is 43.1 Å². The molecular formula is C43H25N5O2S. The van der Waals surface area contributed by atoms with Gasteiger partial charge in [-0.1, -0.05) is 48.5 Å². The van der Waals surface area contributed by atoms with Gasteiger partial charge in [0.1, 0.15) is 0 Å². The molecule has 4 heterocycles. The lowest BCUT2D eigenvalue weighted by atomic mass is 10.0. The first kappa shape index (κ1) is 28.3. The van der Waals surface area contributed by atoms with Gasteiger partial charge in [0.05, 0.1) is 60.6 Å². The number of aromatic nitrogens is 4. The summed E-state index contributed by atoms with van der Waals surface area (Å²) in [5.41, 5.74) is 10.2. The van der Waals surface area contributed by atoms with E-state index < -0.39 is 9.84 Å². The van der Waals surface area contributed by atoms with Crippen molar-refractivity contribution in [2.75, 3.05) is 0 Å². The molecule has 0 fully saturated rings. The Hall–Kier alpha value is -6.56. The van der Waals surface area contributed by atoms with Crippen molar-refractivity contribution >= 4 is 91.8 Å². The predicted molar refractivity (Wildman–Crippen MR) is 204 cm³/mol. The van der Waals surface area contributed by atoms with E-state index in [9.17, 15) is 13.7 Å². The Morgan fingerprint density at radius 1 is 0.588 bits per heavy atom. The monoisotopic (exact) mass is 675 g/mol. The highest BCUT2D eigenvalue weighted by atomic mass is 32.2. The summed E-state index contributed by atoms with van der Waals surface area (Å²) in [6.45, 7) is 0. The highest BCUT2D eigenvalue weighted by Gasteiger charge is 2.25. The van der Waals surface area contributed by atoms with Gasteiger partial charge in [0.15, 0.2) is 0 Å².